The number of hydrogen-bond donors (Lipinski definition) is 1. The molecule has 2 N–H and O–H groups in total. The van der Waals surface area contributed by atoms with Crippen LogP contribution in [0.3, 0.4) is 0 Å². The van der Waals surface area contributed by atoms with Gasteiger partial charge in [0.1, 0.15) is 0 Å². The van der Waals surface area contributed by atoms with Gasteiger partial charge in [-0.25, -0.2) is 0 Å². The Morgan fingerprint density at radius 3 is 2.26 bits per heavy atom. The third-order valence-corrected chi connectivity index (χ3v) is 5.69. The van der Waals surface area contributed by atoms with Crippen molar-refractivity contribution in [1.82, 2.24) is 10.1 Å². The molecule has 5 rings (SSSR count). The fourth-order valence-corrected chi connectivity index (χ4v) is 5.56. The summed E-state index contributed by atoms with van der Waals surface area (Å²) >= 11 is 0. The van der Waals surface area contributed by atoms with E-state index in [1.807, 2.05) is 6.92 Å². The Kier molecular flexibility index (Phi) is 2.53. The van der Waals surface area contributed by atoms with E-state index in [4.69, 9.17) is 10.3 Å². The first-order valence-corrected chi connectivity index (χ1v) is 7.68. The van der Waals surface area contributed by atoms with Gasteiger partial charge in [0.25, 0.3) is 0 Å². The summed E-state index contributed by atoms with van der Waals surface area (Å²) in [5.74, 6) is 4.26. The molecule has 4 heteroatoms. The molecule has 0 aromatic carbocycles. The van der Waals surface area contributed by atoms with Gasteiger partial charge in [-0.05, 0) is 68.1 Å². The molecular weight excluding hydrogens is 238 g/mol. The molecule has 1 aromatic heterocycles. The Balaban J connectivity index is 1.53. The van der Waals surface area contributed by atoms with E-state index in [1.54, 1.807) is 0 Å². The van der Waals surface area contributed by atoms with Crippen LogP contribution in [0.5, 0.6) is 0 Å². The van der Waals surface area contributed by atoms with Crippen molar-refractivity contribution in [3.63, 3.8) is 0 Å². The lowest BCUT2D eigenvalue weighted by molar-refractivity contribution is -0.0609. The summed E-state index contributed by atoms with van der Waals surface area (Å²) in [5, 5.41) is 4.00. The summed E-state index contributed by atoms with van der Waals surface area (Å²) < 4.78 is 5.07. The quantitative estimate of drug-likeness (QED) is 0.908. The van der Waals surface area contributed by atoms with Gasteiger partial charge in [0.2, 0.25) is 5.89 Å². The highest BCUT2D eigenvalue weighted by molar-refractivity contribution is 5.04. The summed E-state index contributed by atoms with van der Waals surface area (Å²) in [6.07, 6.45) is 9.67. The molecule has 1 unspecified atom stereocenters. The predicted molar refractivity (Wildman–Crippen MR) is 71.2 cm³/mol. The zero-order valence-corrected chi connectivity index (χ0v) is 11.6. The smallest absolute Gasteiger partial charge is 0.223 e. The summed E-state index contributed by atoms with van der Waals surface area (Å²) in [5.41, 5.74) is 6.83. The Labute approximate surface area is 114 Å². The molecule has 0 saturated heterocycles. The SMILES string of the molecule is Cc1nc(C(N)CC23CC4CC(CC(C4)C2)C3)no1. The highest BCUT2D eigenvalue weighted by atomic mass is 16.5. The van der Waals surface area contributed by atoms with Crippen LogP contribution in [0.2, 0.25) is 0 Å². The van der Waals surface area contributed by atoms with Crippen molar-refractivity contribution in [3.05, 3.63) is 11.7 Å². The average molecular weight is 261 g/mol. The number of nitrogens with two attached hydrogens (primary N) is 1. The molecule has 4 nitrogen and oxygen atoms in total. The first-order valence-electron chi connectivity index (χ1n) is 7.68. The summed E-state index contributed by atoms with van der Waals surface area (Å²) in [6.45, 7) is 1.83. The zero-order valence-electron chi connectivity index (χ0n) is 11.6. The minimum atomic E-state index is -0.0475. The topological polar surface area (TPSA) is 64.9 Å². The highest BCUT2D eigenvalue weighted by Crippen LogP contribution is 2.62. The standard InChI is InChI=1S/C15H23N3O/c1-9-17-14(18-19-9)13(16)8-15-5-10-2-11(6-15)4-12(3-10)7-15/h10-13H,2-8,16H2,1H3. The Morgan fingerprint density at radius 1 is 1.21 bits per heavy atom. The maximum absolute atomic E-state index is 6.34. The lowest BCUT2D eigenvalue weighted by Gasteiger charge is -2.57. The molecule has 19 heavy (non-hydrogen) atoms. The first-order chi connectivity index (χ1) is 9.12. The Bertz CT molecular complexity index is 446. The van der Waals surface area contributed by atoms with Crippen molar-refractivity contribution in [2.75, 3.05) is 0 Å². The molecule has 104 valence electrons. The van der Waals surface area contributed by atoms with E-state index in [9.17, 15) is 0 Å². The van der Waals surface area contributed by atoms with E-state index >= 15 is 0 Å². The maximum Gasteiger partial charge on any atom is 0.223 e. The number of aromatic nitrogens is 2. The number of hydrogen-bond acceptors (Lipinski definition) is 4. The van der Waals surface area contributed by atoms with Crippen molar-refractivity contribution >= 4 is 0 Å². The highest BCUT2D eigenvalue weighted by Gasteiger charge is 2.51. The van der Waals surface area contributed by atoms with Gasteiger partial charge in [-0.3, -0.25) is 0 Å². The van der Waals surface area contributed by atoms with E-state index in [-0.39, 0.29) is 6.04 Å². The third kappa shape index (κ3) is 2.00. The van der Waals surface area contributed by atoms with Crippen LogP contribution in [-0.4, -0.2) is 10.1 Å². The second-order valence-corrected chi connectivity index (χ2v) is 7.40. The molecule has 0 aliphatic heterocycles. The number of rotatable bonds is 3. The predicted octanol–water partition coefficient (Wildman–Crippen LogP) is 2.98. The van der Waals surface area contributed by atoms with E-state index in [0.717, 1.165) is 24.2 Å². The van der Waals surface area contributed by atoms with Gasteiger partial charge in [0.15, 0.2) is 5.82 Å². The molecule has 4 aliphatic carbocycles. The first kappa shape index (κ1) is 11.9. The van der Waals surface area contributed by atoms with E-state index < -0.39 is 0 Å². The van der Waals surface area contributed by atoms with Crippen molar-refractivity contribution < 1.29 is 4.52 Å². The molecule has 0 amide bonds. The molecule has 1 heterocycles. The van der Waals surface area contributed by atoms with Crippen molar-refractivity contribution in [2.45, 2.75) is 57.9 Å². The van der Waals surface area contributed by atoms with Gasteiger partial charge in [0, 0.05) is 6.92 Å². The maximum atomic E-state index is 6.34. The van der Waals surface area contributed by atoms with E-state index in [0.29, 0.717) is 17.1 Å². The number of aryl methyl sites for hydroxylation is 1. The van der Waals surface area contributed by atoms with Gasteiger partial charge in [-0.15, -0.1) is 0 Å². The molecule has 1 atom stereocenters. The van der Waals surface area contributed by atoms with E-state index in [2.05, 4.69) is 10.1 Å². The van der Waals surface area contributed by atoms with Gasteiger partial charge < -0.3 is 10.3 Å². The summed E-state index contributed by atoms with van der Waals surface area (Å²) in [7, 11) is 0. The molecule has 4 aliphatic rings. The van der Waals surface area contributed by atoms with Crippen molar-refractivity contribution in [1.29, 1.82) is 0 Å². The van der Waals surface area contributed by atoms with Crippen LogP contribution in [0.25, 0.3) is 0 Å². The lowest BCUT2D eigenvalue weighted by Crippen LogP contribution is -2.47. The van der Waals surface area contributed by atoms with Gasteiger partial charge in [-0.2, -0.15) is 4.98 Å². The van der Waals surface area contributed by atoms with Crippen LogP contribution in [0.4, 0.5) is 0 Å². The van der Waals surface area contributed by atoms with Crippen LogP contribution in [-0.2, 0) is 0 Å². The minimum Gasteiger partial charge on any atom is -0.340 e. The van der Waals surface area contributed by atoms with Crippen molar-refractivity contribution in [2.24, 2.45) is 28.9 Å². The number of nitrogens with zero attached hydrogens (tertiary/aromatic N) is 2. The Hall–Kier alpha value is -0.900. The monoisotopic (exact) mass is 261 g/mol. The van der Waals surface area contributed by atoms with Crippen LogP contribution in [0.1, 0.15) is 62.7 Å². The zero-order chi connectivity index (χ0) is 13.0. The minimum absolute atomic E-state index is 0.0475. The fraction of sp³-hybridized carbons (Fsp3) is 0.867. The van der Waals surface area contributed by atoms with Crippen molar-refractivity contribution in [3.8, 4) is 0 Å². The molecule has 1 aromatic rings. The second-order valence-electron chi connectivity index (χ2n) is 7.40. The third-order valence-electron chi connectivity index (χ3n) is 5.69. The van der Waals surface area contributed by atoms with Crippen LogP contribution in [0, 0.1) is 30.1 Å². The van der Waals surface area contributed by atoms with Gasteiger partial charge in [0.05, 0.1) is 6.04 Å². The second kappa shape index (κ2) is 4.05. The Morgan fingerprint density at radius 2 is 1.79 bits per heavy atom. The molecule has 4 saturated carbocycles. The normalized spacial score (nSPS) is 41.7. The summed E-state index contributed by atoms with van der Waals surface area (Å²) in [6, 6.07) is -0.0475. The largest absolute Gasteiger partial charge is 0.340 e. The molecule has 0 spiro atoms. The lowest BCUT2D eigenvalue weighted by atomic mass is 9.48. The molecular formula is C15H23N3O. The molecule has 4 fully saturated rings. The summed E-state index contributed by atoms with van der Waals surface area (Å²) in [4.78, 5) is 4.31. The van der Waals surface area contributed by atoms with Crippen LogP contribution < -0.4 is 5.73 Å². The van der Waals surface area contributed by atoms with Gasteiger partial charge in [-0.1, -0.05) is 5.16 Å². The van der Waals surface area contributed by atoms with Gasteiger partial charge >= 0.3 is 0 Å². The average Bonchev–Trinajstić information content (AvgIpc) is 2.73. The van der Waals surface area contributed by atoms with Crippen LogP contribution >= 0.6 is 0 Å². The van der Waals surface area contributed by atoms with E-state index in [1.165, 1.54) is 38.5 Å². The fourth-order valence-electron chi connectivity index (χ4n) is 5.56. The molecule has 0 radical (unpaired) electrons. The van der Waals surface area contributed by atoms with Crippen LogP contribution in [0.15, 0.2) is 4.52 Å². The molecule has 4 bridgehead atoms.